The molecule has 260 valence electrons. The largest absolute Gasteiger partial charge is 0.444 e. The summed E-state index contributed by atoms with van der Waals surface area (Å²) < 4.78 is 48.0. The van der Waals surface area contributed by atoms with Gasteiger partial charge in [-0.05, 0) is 57.5 Å². The van der Waals surface area contributed by atoms with E-state index in [0.717, 1.165) is 29.1 Å². The highest BCUT2D eigenvalue weighted by Gasteiger charge is 2.32. The number of rotatable bonds is 7. The van der Waals surface area contributed by atoms with Gasteiger partial charge >= 0.3 is 12.3 Å². The summed E-state index contributed by atoms with van der Waals surface area (Å²) in [7, 11) is 0. The first-order valence-electron chi connectivity index (χ1n) is 15.8. The maximum absolute atomic E-state index is 14.2. The average molecular weight is 701 g/mol. The number of aliphatic hydroxyl groups excluding tert-OH is 1. The van der Waals surface area contributed by atoms with Crippen molar-refractivity contribution >= 4 is 45.7 Å². The van der Waals surface area contributed by atoms with Crippen molar-refractivity contribution in [2.45, 2.75) is 58.7 Å². The van der Waals surface area contributed by atoms with Crippen LogP contribution in [-0.2, 0) is 23.9 Å². The van der Waals surface area contributed by atoms with Crippen LogP contribution in [0.4, 0.5) is 29.3 Å². The normalized spacial score (nSPS) is 14.9. The van der Waals surface area contributed by atoms with Crippen LogP contribution in [0.15, 0.2) is 53.3 Å². The van der Waals surface area contributed by atoms with Crippen LogP contribution in [0.3, 0.4) is 0 Å². The highest BCUT2D eigenvalue weighted by molar-refractivity contribution is 6.33. The molecule has 1 amide bonds. The Morgan fingerprint density at radius 3 is 2.45 bits per heavy atom. The molecule has 1 fully saturated rings. The number of aromatic amines is 1. The number of fused-ring (bicyclic) bond motifs is 2. The van der Waals surface area contributed by atoms with E-state index in [1.165, 1.54) is 4.52 Å². The van der Waals surface area contributed by atoms with Crippen molar-refractivity contribution in [1.29, 1.82) is 0 Å². The number of nitrogens with one attached hydrogen (secondary N) is 2. The molecule has 1 unspecified atom stereocenters. The molecule has 3 N–H and O–H groups in total. The summed E-state index contributed by atoms with van der Waals surface area (Å²) in [6, 6.07) is 12.3. The van der Waals surface area contributed by atoms with Gasteiger partial charge in [-0.2, -0.15) is 22.7 Å². The molecule has 1 saturated heterocycles. The van der Waals surface area contributed by atoms with Crippen LogP contribution < -0.4 is 15.8 Å². The van der Waals surface area contributed by atoms with Gasteiger partial charge in [0.25, 0.3) is 5.56 Å². The lowest BCUT2D eigenvalue weighted by molar-refractivity contribution is -0.137. The molecule has 0 bridgehead atoms. The maximum Gasteiger partial charge on any atom is 0.416 e. The molecule has 6 rings (SSSR count). The monoisotopic (exact) mass is 700 g/mol. The van der Waals surface area contributed by atoms with Gasteiger partial charge in [0.2, 0.25) is 5.78 Å². The zero-order chi connectivity index (χ0) is 35.2. The molecule has 4 heterocycles. The molecule has 0 spiro atoms. The van der Waals surface area contributed by atoms with Crippen LogP contribution >= 0.6 is 11.6 Å². The Balaban J connectivity index is 1.39. The van der Waals surface area contributed by atoms with E-state index in [1.54, 1.807) is 30.2 Å². The lowest BCUT2D eigenvalue weighted by Crippen LogP contribution is -2.51. The number of anilines is 2. The topological polar surface area (TPSA) is 133 Å². The number of halogens is 4. The van der Waals surface area contributed by atoms with Crippen molar-refractivity contribution in [2.75, 3.05) is 36.4 Å². The van der Waals surface area contributed by atoms with Crippen LogP contribution in [0.5, 0.6) is 0 Å². The third-order valence-corrected chi connectivity index (χ3v) is 8.47. The van der Waals surface area contributed by atoms with Crippen molar-refractivity contribution in [3.8, 4) is 11.5 Å². The fraction of sp³-hybridized carbons (Fsp3) is 0.394. The average Bonchev–Trinajstić information content (AvgIpc) is 3.67. The molecule has 1 aliphatic rings. The van der Waals surface area contributed by atoms with Gasteiger partial charge in [0.15, 0.2) is 5.82 Å². The molecule has 5 aromatic rings. The van der Waals surface area contributed by atoms with Gasteiger partial charge in [0, 0.05) is 42.8 Å². The number of nitrogens with zero attached hydrogens (tertiary/aromatic N) is 6. The molecular formula is C33H36ClF3N8O4. The molecule has 0 radical (unpaired) electrons. The molecule has 3 aromatic heterocycles. The van der Waals surface area contributed by atoms with Crippen LogP contribution in [0.25, 0.3) is 28.2 Å². The number of carbonyl (C=O) groups is 1. The minimum Gasteiger partial charge on any atom is -0.444 e. The number of benzene rings is 2. The quantitative estimate of drug-likeness (QED) is 0.183. The van der Waals surface area contributed by atoms with E-state index in [2.05, 4.69) is 15.4 Å². The summed E-state index contributed by atoms with van der Waals surface area (Å²) in [5.74, 6) is 0.412. The zero-order valence-corrected chi connectivity index (χ0v) is 28.1. The summed E-state index contributed by atoms with van der Waals surface area (Å²) in [5.41, 5.74) is 0.432. The van der Waals surface area contributed by atoms with Crippen molar-refractivity contribution in [3.05, 3.63) is 75.2 Å². The van der Waals surface area contributed by atoms with Gasteiger partial charge in [-0.25, -0.2) is 4.79 Å². The molecule has 0 saturated carbocycles. The first-order chi connectivity index (χ1) is 23.1. The predicted molar refractivity (Wildman–Crippen MR) is 180 cm³/mol. The minimum atomic E-state index is -4.58. The number of aliphatic hydroxyl groups is 1. The number of hydrogen-bond acceptors (Lipinski definition) is 8. The first kappa shape index (κ1) is 34.1. The van der Waals surface area contributed by atoms with Crippen LogP contribution in [0, 0.1) is 0 Å². The number of carbonyl (C=O) groups excluding carboxylic acids is 1. The number of H-pyrrole nitrogens is 1. The Bertz CT molecular complexity index is 2040. The molecular weight excluding hydrogens is 665 g/mol. The number of para-hydroxylation sites is 1. The molecule has 1 aliphatic heterocycles. The number of piperazine rings is 1. The Hall–Kier alpha value is -4.76. The zero-order valence-electron chi connectivity index (χ0n) is 27.3. The molecule has 49 heavy (non-hydrogen) atoms. The minimum absolute atomic E-state index is 0.0935. The molecule has 1 atom stereocenters. The number of aromatic nitrogens is 5. The molecule has 0 aliphatic carbocycles. The first-order valence-corrected chi connectivity index (χ1v) is 16.2. The van der Waals surface area contributed by atoms with Crippen LogP contribution in [-0.4, -0.2) is 78.3 Å². The number of alkyl halides is 3. The Labute approximate surface area is 284 Å². The second-order valence-corrected chi connectivity index (χ2v) is 13.2. The fourth-order valence-corrected chi connectivity index (χ4v) is 6.14. The third-order valence-electron chi connectivity index (χ3n) is 8.15. The van der Waals surface area contributed by atoms with Crippen LogP contribution in [0.2, 0.25) is 5.02 Å². The highest BCUT2D eigenvalue weighted by atomic mass is 35.5. The smallest absolute Gasteiger partial charge is 0.416 e. The Morgan fingerprint density at radius 2 is 1.82 bits per heavy atom. The number of hydrogen-bond donors (Lipinski definition) is 3. The summed E-state index contributed by atoms with van der Waals surface area (Å²) in [6.45, 7) is 8.37. The van der Waals surface area contributed by atoms with Gasteiger partial charge in [0.1, 0.15) is 17.5 Å². The molecule has 12 nitrogen and oxygen atoms in total. The number of amides is 1. The fourth-order valence-electron chi connectivity index (χ4n) is 5.91. The second kappa shape index (κ2) is 12.9. The van der Waals surface area contributed by atoms with Crippen molar-refractivity contribution < 1.29 is 27.8 Å². The standard InChI is InChI=1S/C33H36ClF3N8O4/c1-5-25-27(42-12-14-43(15-13-42)31(48)49-32(2,3)4)29(47)45-30(40-28(41-45)24-16-19-8-6-7-9-22(19)38-24)44(25)18-26(46)39-23-11-10-20(17-21(23)34)33(35,36)37/h6-11,16-17,26,38-39,46H,5,12-15,18H2,1-4H3. The van der Waals surface area contributed by atoms with E-state index in [-0.39, 0.29) is 28.9 Å². The summed E-state index contributed by atoms with van der Waals surface area (Å²) in [4.78, 5) is 38.4. The second-order valence-electron chi connectivity index (χ2n) is 12.8. The highest BCUT2D eigenvalue weighted by Crippen LogP contribution is 2.34. The lowest BCUT2D eigenvalue weighted by Gasteiger charge is -2.37. The Morgan fingerprint density at radius 1 is 1.10 bits per heavy atom. The van der Waals surface area contributed by atoms with E-state index in [0.29, 0.717) is 49.7 Å². The molecule has 2 aromatic carbocycles. The van der Waals surface area contributed by atoms with E-state index >= 15 is 0 Å². The SMILES string of the molecule is CCc1c(N2CCN(C(=O)OC(C)(C)C)CC2)c(=O)n2nc(-c3cc4ccccc4[nH]3)nc2n1CC(O)Nc1ccc(C(F)(F)F)cc1Cl. The predicted octanol–water partition coefficient (Wildman–Crippen LogP) is 5.76. The maximum atomic E-state index is 14.2. The summed E-state index contributed by atoms with van der Waals surface area (Å²) >= 11 is 6.16. The van der Waals surface area contributed by atoms with Crippen molar-refractivity contribution in [3.63, 3.8) is 0 Å². The van der Waals surface area contributed by atoms with E-state index in [4.69, 9.17) is 21.3 Å². The van der Waals surface area contributed by atoms with E-state index < -0.39 is 35.2 Å². The van der Waals surface area contributed by atoms with Crippen molar-refractivity contribution in [2.24, 2.45) is 0 Å². The lowest BCUT2D eigenvalue weighted by atomic mass is 10.2. The number of ether oxygens (including phenoxy) is 1. The molecule has 16 heteroatoms. The van der Waals surface area contributed by atoms with Gasteiger partial charge in [-0.3, -0.25) is 4.79 Å². The summed E-state index contributed by atoms with van der Waals surface area (Å²) in [5, 5.41) is 19.3. The van der Waals surface area contributed by atoms with Crippen molar-refractivity contribution in [1.82, 2.24) is 29.0 Å². The van der Waals surface area contributed by atoms with Gasteiger partial charge in [-0.15, -0.1) is 5.10 Å². The van der Waals surface area contributed by atoms with Gasteiger partial charge in [-0.1, -0.05) is 36.7 Å². The summed E-state index contributed by atoms with van der Waals surface area (Å²) in [6.07, 6.45) is -6.03. The Kier molecular flexibility index (Phi) is 9.00. The van der Waals surface area contributed by atoms with E-state index in [9.17, 15) is 27.9 Å². The third kappa shape index (κ3) is 7.04. The van der Waals surface area contributed by atoms with Gasteiger partial charge in [0.05, 0.1) is 28.5 Å². The van der Waals surface area contributed by atoms with Gasteiger partial charge < -0.3 is 34.5 Å². The van der Waals surface area contributed by atoms with Crippen LogP contribution in [0.1, 0.15) is 39.0 Å². The van der Waals surface area contributed by atoms with E-state index in [1.807, 2.05) is 42.2 Å².